The first kappa shape index (κ1) is 16.5. The molecule has 3 atom stereocenters. The molecule has 0 bridgehead atoms. The fraction of sp³-hybridized carbons (Fsp3) is 0.684. The maximum absolute atomic E-state index is 5.95. The van der Waals surface area contributed by atoms with E-state index in [1.165, 1.54) is 35.1 Å². The van der Waals surface area contributed by atoms with Crippen molar-refractivity contribution in [2.75, 3.05) is 13.2 Å². The molecule has 1 N–H and O–H groups in total. The lowest BCUT2D eigenvalue weighted by atomic mass is 9.83. The molecule has 0 amide bonds. The first-order chi connectivity index (χ1) is 10.1. The molecule has 1 aliphatic heterocycles. The van der Waals surface area contributed by atoms with Gasteiger partial charge in [0, 0.05) is 18.6 Å². The van der Waals surface area contributed by atoms with Gasteiger partial charge < -0.3 is 10.1 Å². The van der Waals surface area contributed by atoms with Crippen LogP contribution in [0.2, 0.25) is 0 Å². The van der Waals surface area contributed by atoms with Gasteiger partial charge in [-0.3, -0.25) is 0 Å². The molecule has 0 aromatic heterocycles. The minimum absolute atomic E-state index is 0.403. The molecule has 0 aliphatic carbocycles. The molecule has 1 aliphatic rings. The summed E-state index contributed by atoms with van der Waals surface area (Å²) in [4.78, 5) is 0. The topological polar surface area (TPSA) is 21.3 Å². The van der Waals surface area contributed by atoms with E-state index in [1.807, 2.05) is 0 Å². The van der Waals surface area contributed by atoms with Crippen LogP contribution in [0, 0.1) is 26.7 Å². The summed E-state index contributed by atoms with van der Waals surface area (Å²) in [5.74, 6) is 0.599. The highest BCUT2D eigenvalue weighted by Gasteiger charge is 2.34. The van der Waals surface area contributed by atoms with Crippen molar-refractivity contribution in [2.45, 2.75) is 66.0 Å². The number of hydrogen-bond acceptors (Lipinski definition) is 2. The standard InChI is InChI=1S/C19H31NO/c1-6-9-20-19(16-8-10-21-18(16)7-2)17-12-14(4)13(3)11-15(17)5/h11-12,16,18-20H,6-10H2,1-5H3. The molecule has 118 valence electrons. The second-order valence-electron chi connectivity index (χ2n) is 6.49. The van der Waals surface area contributed by atoms with Gasteiger partial charge in [-0.2, -0.15) is 0 Å². The van der Waals surface area contributed by atoms with Gasteiger partial charge in [-0.15, -0.1) is 0 Å². The predicted molar refractivity (Wildman–Crippen MR) is 89.8 cm³/mol. The van der Waals surface area contributed by atoms with Crippen molar-refractivity contribution in [3.8, 4) is 0 Å². The van der Waals surface area contributed by atoms with Crippen LogP contribution in [0.5, 0.6) is 0 Å². The Morgan fingerprint density at radius 1 is 1.14 bits per heavy atom. The SMILES string of the molecule is CCCNC(c1cc(C)c(C)cc1C)C1CCOC1CC. The Bertz CT molecular complexity index is 469. The van der Waals surface area contributed by atoms with E-state index in [4.69, 9.17) is 4.74 Å². The Hall–Kier alpha value is -0.860. The Labute approximate surface area is 130 Å². The molecular weight excluding hydrogens is 258 g/mol. The quantitative estimate of drug-likeness (QED) is 0.834. The maximum atomic E-state index is 5.95. The van der Waals surface area contributed by atoms with E-state index in [1.54, 1.807) is 0 Å². The van der Waals surface area contributed by atoms with E-state index in [-0.39, 0.29) is 0 Å². The lowest BCUT2D eigenvalue weighted by Gasteiger charge is -2.30. The van der Waals surface area contributed by atoms with Gasteiger partial charge in [0.1, 0.15) is 0 Å². The third kappa shape index (κ3) is 3.67. The van der Waals surface area contributed by atoms with Crippen LogP contribution in [0.15, 0.2) is 12.1 Å². The van der Waals surface area contributed by atoms with E-state index in [9.17, 15) is 0 Å². The minimum Gasteiger partial charge on any atom is -0.378 e. The van der Waals surface area contributed by atoms with Gasteiger partial charge in [-0.1, -0.05) is 26.0 Å². The normalized spacial score (nSPS) is 23.5. The molecule has 1 aromatic rings. The van der Waals surface area contributed by atoms with Gasteiger partial charge >= 0.3 is 0 Å². The first-order valence-electron chi connectivity index (χ1n) is 8.51. The second-order valence-corrected chi connectivity index (χ2v) is 6.49. The Balaban J connectivity index is 2.33. The summed E-state index contributed by atoms with van der Waals surface area (Å²) in [5.41, 5.74) is 5.67. The minimum atomic E-state index is 0.403. The number of nitrogens with one attached hydrogen (secondary N) is 1. The molecule has 1 fully saturated rings. The summed E-state index contributed by atoms with van der Waals surface area (Å²) >= 11 is 0. The number of benzene rings is 1. The third-order valence-corrected chi connectivity index (χ3v) is 4.92. The monoisotopic (exact) mass is 289 g/mol. The molecule has 0 spiro atoms. The van der Waals surface area contributed by atoms with Gasteiger partial charge in [-0.05, 0) is 68.8 Å². The van der Waals surface area contributed by atoms with Crippen LogP contribution in [0.25, 0.3) is 0 Å². The highest BCUT2D eigenvalue weighted by atomic mass is 16.5. The van der Waals surface area contributed by atoms with Crippen molar-refractivity contribution >= 4 is 0 Å². The molecule has 0 radical (unpaired) electrons. The summed E-state index contributed by atoms with van der Waals surface area (Å²) in [6.07, 6.45) is 3.86. The van der Waals surface area contributed by atoms with Crippen LogP contribution in [-0.4, -0.2) is 19.3 Å². The molecule has 2 nitrogen and oxygen atoms in total. The smallest absolute Gasteiger partial charge is 0.0619 e. The molecule has 1 aromatic carbocycles. The molecule has 2 heteroatoms. The number of rotatable bonds is 6. The summed E-state index contributed by atoms with van der Waals surface area (Å²) < 4.78 is 5.95. The van der Waals surface area contributed by atoms with Crippen molar-refractivity contribution < 1.29 is 4.74 Å². The molecule has 0 saturated carbocycles. The van der Waals surface area contributed by atoms with Gasteiger partial charge in [0.15, 0.2) is 0 Å². The van der Waals surface area contributed by atoms with Crippen molar-refractivity contribution in [1.29, 1.82) is 0 Å². The van der Waals surface area contributed by atoms with Crippen LogP contribution in [0.3, 0.4) is 0 Å². The summed E-state index contributed by atoms with van der Waals surface area (Å²) in [5, 5.41) is 3.80. The second kappa shape index (κ2) is 7.42. The zero-order valence-electron chi connectivity index (χ0n) is 14.3. The van der Waals surface area contributed by atoms with Crippen molar-refractivity contribution in [3.05, 3.63) is 34.4 Å². The average molecular weight is 289 g/mol. The van der Waals surface area contributed by atoms with Gasteiger partial charge in [0.05, 0.1) is 6.10 Å². The van der Waals surface area contributed by atoms with E-state index >= 15 is 0 Å². The third-order valence-electron chi connectivity index (χ3n) is 4.92. The van der Waals surface area contributed by atoms with Gasteiger partial charge in [-0.25, -0.2) is 0 Å². The van der Waals surface area contributed by atoms with Crippen LogP contribution < -0.4 is 5.32 Å². The van der Waals surface area contributed by atoms with E-state index in [0.717, 1.165) is 19.6 Å². The molecule has 1 heterocycles. The molecule has 1 saturated heterocycles. The number of ether oxygens (including phenoxy) is 1. The highest BCUT2D eigenvalue weighted by molar-refractivity contribution is 5.38. The van der Waals surface area contributed by atoms with E-state index in [2.05, 4.69) is 52.1 Å². The van der Waals surface area contributed by atoms with Crippen molar-refractivity contribution in [2.24, 2.45) is 5.92 Å². The molecule has 2 rings (SSSR count). The zero-order valence-corrected chi connectivity index (χ0v) is 14.3. The fourth-order valence-electron chi connectivity index (χ4n) is 3.58. The lowest BCUT2D eigenvalue weighted by Crippen LogP contribution is -2.34. The van der Waals surface area contributed by atoms with Crippen LogP contribution in [0.1, 0.15) is 61.4 Å². The lowest BCUT2D eigenvalue weighted by molar-refractivity contribution is 0.0773. The van der Waals surface area contributed by atoms with Crippen molar-refractivity contribution in [1.82, 2.24) is 5.32 Å². The average Bonchev–Trinajstić information content (AvgIpc) is 2.93. The zero-order chi connectivity index (χ0) is 15.4. The summed E-state index contributed by atoms with van der Waals surface area (Å²) in [6.45, 7) is 13.1. The van der Waals surface area contributed by atoms with E-state index < -0.39 is 0 Å². The molecule has 21 heavy (non-hydrogen) atoms. The van der Waals surface area contributed by atoms with Gasteiger partial charge in [0.25, 0.3) is 0 Å². The number of aryl methyl sites for hydroxylation is 3. The molecule has 3 unspecified atom stereocenters. The highest BCUT2D eigenvalue weighted by Crippen LogP contribution is 2.36. The van der Waals surface area contributed by atoms with Crippen LogP contribution in [0.4, 0.5) is 0 Å². The van der Waals surface area contributed by atoms with Gasteiger partial charge in [0.2, 0.25) is 0 Å². The first-order valence-corrected chi connectivity index (χ1v) is 8.51. The summed E-state index contributed by atoms with van der Waals surface area (Å²) in [7, 11) is 0. The fourth-order valence-corrected chi connectivity index (χ4v) is 3.58. The largest absolute Gasteiger partial charge is 0.378 e. The Morgan fingerprint density at radius 2 is 1.86 bits per heavy atom. The predicted octanol–water partition coefficient (Wildman–Crippen LogP) is 4.47. The van der Waals surface area contributed by atoms with E-state index in [0.29, 0.717) is 18.1 Å². The maximum Gasteiger partial charge on any atom is 0.0619 e. The Morgan fingerprint density at radius 3 is 2.52 bits per heavy atom. The number of hydrogen-bond donors (Lipinski definition) is 1. The van der Waals surface area contributed by atoms with Crippen LogP contribution >= 0.6 is 0 Å². The molecular formula is C19H31NO. The summed E-state index contributed by atoms with van der Waals surface area (Å²) in [6, 6.07) is 5.15. The van der Waals surface area contributed by atoms with Crippen molar-refractivity contribution in [3.63, 3.8) is 0 Å². The Kier molecular flexibility index (Phi) is 5.83. The van der Waals surface area contributed by atoms with Crippen LogP contribution in [-0.2, 0) is 4.74 Å².